The molecule has 1 unspecified atom stereocenters. The third-order valence-electron chi connectivity index (χ3n) is 3.20. The van der Waals surface area contributed by atoms with E-state index >= 15 is 0 Å². The molecule has 1 atom stereocenters. The molecule has 0 aliphatic rings. The minimum Gasteiger partial charge on any atom is -0.249 e. The molecular formula is C16H12FNO2S. The lowest BCUT2D eigenvalue weighted by molar-refractivity contribution is 0.424. The van der Waals surface area contributed by atoms with Gasteiger partial charge in [0.1, 0.15) is 0 Å². The van der Waals surface area contributed by atoms with Crippen molar-refractivity contribution in [3.63, 3.8) is 0 Å². The molecule has 3 nitrogen and oxygen atoms in total. The van der Waals surface area contributed by atoms with Gasteiger partial charge in [-0.25, -0.2) is 17.8 Å². The van der Waals surface area contributed by atoms with E-state index in [0.717, 1.165) is 5.39 Å². The molecule has 21 heavy (non-hydrogen) atoms. The lowest BCUT2D eigenvalue weighted by Gasteiger charge is -2.10. The fourth-order valence-electron chi connectivity index (χ4n) is 2.10. The summed E-state index contributed by atoms with van der Waals surface area (Å²) in [4.78, 5) is 4.06. The molecule has 3 aromatic rings. The van der Waals surface area contributed by atoms with Crippen molar-refractivity contribution in [3.05, 3.63) is 72.4 Å². The topological polar surface area (TPSA) is 47.0 Å². The van der Waals surface area contributed by atoms with Crippen LogP contribution in [-0.2, 0) is 9.84 Å². The van der Waals surface area contributed by atoms with Crippen molar-refractivity contribution in [2.75, 3.05) is 0 Å². The van der Waals surface area contributed by atoms with Crippen LogP contribution in [0, 0.1) is 0 Å². The highest BCUT2D eigenvalue weighted by molar-refractivity contribution is 7.91. The van der Waals surface area contributed by atoms with Crippen molar-refractivity contribution >= 4 is 20.7 Å². The number of halogens is 1. The van der Waals surface area contributed by atoms with Gasteiger partial charge < -0.3 is 0 Å². The van der Waals surface area contributed by atoms with E-state index in [9.17, 15) is 12.8 Å². The molecule has 5 heteroatoms. The number of para-hydroxylation sites is 1. The summed E-state index contributed by atoms with van der Waals surface area (Å²) in [7, 11) is -4.09. The normalized spacial score (nSPS) is 13.2. The summed E-state index contributed by atoms with van der Waals surface area (Å²) in [5.74, 6) is 0. The molecule has 0 saturated carbocycles. The van der Waals surface area contributed by atoms with Gasteiger partial charge in [0.15, 0.2) is 0 Å². The Morgan fingerprint density at radius 2 is 1.52 bits per heavy atom. The summed E-state index contributed by atoms with van der Waals surface area (Å²) in [5, 5.41) is 0.838. The van der Waals surface area contributed by atoms with Gasteiger partial charge in [0.05, 0.1) is 16.1 Å². The summed E-state index contributed by atoms with van der Waals surface area (Å²) in [5.41, 5.74) is -1.71. The summed E-state index contributed by atoms with van der Waals surface area (Å²) < 4.78 is 39.0. The Morgan fingerprint density at radius 1 is 0.857 bits per heavy atom. The molecule has 0 bridgehead atoms. The first-order valence-corrected chi connectivity index (χ1v) is 7.92. The highest BCUT2D eigenvalue weighted by Crippen LogP contribution is 2.29. The summed E-state index contributed by atoms with van der Waals surface area (Å²) in [6, 6.07) is 17.8. The van der Waals surface area contributed by atoms with Gasteiger partial charge in [-0.3, -0.25) is 0 Å². The number of alkyl halides is 1. The Labute approximate surface area is 122 Å². The van der Waals surface area contributed by atoms with E-state index in [4.69, 9.17) is 0 Å². The zero-order valence-corrected chi connectivity index (χ0v) is 11.8. The number of sulfone groups is 1. The predicted molar refractivity (Wildman–Crippen MR) is 79.2 cm³/mol. The molecule has 0 aliphatic carbocycles. The molecule has 0 saturated heterocycles. The quantitative estimate of drug-likeness (QED) is 0.741. The van der Waals surface area contributed by atoms with Crippen LogP contribution >= 0.6 is 0 Å². The Hall–Kier alpha value is -2.27. The molecule has 0 aliphatic heterocycles. The molecule has 3 rings (SSSR count). The van der Waals surface area contributed by atoms with Crippen LogP contribution in [0.5, 0.6) is 0 Å². The summed E-state index contributed by atoms with van der Waals surface area (Å²) >= 11 is 0. The second-order valence-corrected chi connectivity index (χ2v) is 6.58. The minimum atomic E-state index is -4.09. The van der Waals surface area contributed by atoms with Gasteiger partial charge in [-0.2, -0.15) is 0 Å². The van der Waals surface area contributed by atoms with Crippen molar-refractivity contribution < 1.29 is 12.8 Å². The lowest BCUT2D eigenvalue weighted by atomic mass is 10.2. The highest BCUT2D eigenvalue weighted by Gasteiger charge is 2.29. The van der Waals surface area contributed by atoms with Crippen molar-refractivity contribution in [2.45, 2.75) is 10.4 Å². The molecular weight excluding hydrogens is 289 g/mol. The number of fused-ring (bicyclic) bond motifs is 1. The number of aromatic nitrogens is 1. The van der Waals surface area contributed by atoms with E-state index in [1.807, 2.05) is 12.1 Å². The Kier molecular flexibility index (Phi) is 3.43. The smallest absolute Gasteiger partial charge is 0.246 e. The number of rotatable bonds is 3. The van der Waals surface area contributed by atoms with E-state index in [0.29, 0.717) is 5.52 Å². The largest absolute Gasteiger partial charge is 0.249 e. The van der Waals surface area contributed by atoms with Crippen molar-refractivity contribution in [1.29, 1.82) is 0 Å². The zero-order valence-electron chi connectivity index (χ0n) is 11.0. The number of hydrogen-bond acceptors (Lipinski definition) is 3. The van der Waals surface area contributed by atoms with Crippen LogP contribution in [0.25, 0.3) is 10.9 Å². The minimum absolute atomic E-state index is 0.0486. The van der Waals surface area contributed by atoms with E-state index in [2.05, 4.69) is 4.98 Å². The van der Waals surface area contributed by atoms with Gasteiger partial charge in [0, 0.05) is 5.39 Å². The van der Waals surface area contributed by atoms with Crippen molar-refractivity contribution in [1.82, 2.24) is 4.98 Å². The fraction of sp³-hybridized carbons (Fsp3) is 0.0625. The van der Waals surface area contributed by atoms with Gasteiger partial charge in [-0.05, 0) is 24.3 Å². The summed E-state index contributed by atoms with van der Waals surface area (Å²) in [6.07, 6.45) is 0. The molecule has 1 heterocycles. The van der Waals surface area contributed by atoms with Gasteiger partial charge in [-0.15, -0.1) is 0 Å². The number of nitrogens with zero attached hydrogens (tertiary/aromatic N) is 1. The van der Waals surface area contributed by atoms with Crippen LogP contribution in [0.15, 0.2) is 71.6 Å². The molecule has 2 aromatic carbocycles. The van der Waals surface area contributed by atoms with Crippen molar-refractivity contribution in [3.8, 4) is 0 Å². The van der Waals surface area contributed by atoms with Crippen molar-refractivity contribution in [2.24, 2.45) is 0 Å². The lowest BCUT2D eigenvalue weighted by Crippen LogP contribution is -2.10. The Balaban J connectivity index is 2.06. The number of benzene rings is 2. The highest BCUT2D eigenvalue weighted by atomic mass is 32.2. The van der Waals surface area contributed by atoms with Gasteiger partial charge in [0.25, 0.3) is 0 Å². The summed E-state index contributed by atoms with van der Waals surface area (Å²) in [6.45, 7) is 0. The van der Waals surface area contributed by atoms with E-state index < -0.39 is 15.3 Å². The molecule has 106 valence electrons. The van der Waals surface area contributed by atoms with Gasteiger partial charge >= 0.3 is 0 Å². The maximum atomic E-state index is 14.5. The van der Waals surface area contributed by atoms with Crippen LogP contribution in [-0.4, -0.2) is 13.4 Å². The Bertz CT molecular complexity index is 879. The first-order valence-electron chi connectivity index (χ1n) is 6.38. The van der Waals surface area contributed by atoms with Gasteiger partial charge in [0.2, 0.25) is 15.3 Å². The maximum Gasteiger partial charge on any atom is 0.246 e. The SMILES string of the molecule is O=S(=O)(c1ccccc1)C(F)c1ccc2ccccc2n1. The average molecular weight is 301 g/mol. The zero-order chi connectivity index (χ0) is 14.9. The molecule has 0 fully saturated rings. The van der Waals surface area contributed by atoms with E-state index in [1.165, 1.54) is 18.2 Å². The van der Waals surface area contributed by atoms with Crippen LogP contribution < -0.4 is 0 Å². The predicted octanol–water partition coefficient (Wildman–Crippen LogP) is 3.68. The average Bonchev–Trinajstić information content (AvgIpc) is 2.54. The molecule has 0 amide bonds. The fourth-order valence-corrected chi connectivity index (χ4v) is 3.32. The molecule has 0 spiro atoms. The third-order valence-corrected chi connectivity index (χ3v) is 4.91. The monoisotopic (exact) mass is 301 g/mol. The second-order valence-electron chi connectivity index (χ2n) is 4.60. The van der Waals surface area contributed by atoms with Crippen LogP contribution in [0.4, 0.5) is 4.39 Å². The second kappa shape index (κ2) is 5.26. The number of hydrogen-bond donors (Lipinski definition) is 0. The number of pyridine rings is 1. The van der Waals surface area contributed by atoms with Crippen LogP contribution in [0.1, 0.15) is 11.2 Å². The Morgan fingerprint density at radius 3 is 2.29 bits per heavy atom. The standard InChI is InChI=1S/C16H12FNO2S/c17-16(21(19,20)13-7-2-1-3-8-13)15-11-10-12-6-4-5-9-14(12)18-15/h1-11,16H. The first kappa shape index (κ1) is 13.7. The third kappa shape index (κ3) is 2.52. The van der Waals surface area contributed by atoms with E-state index in [1.54, 1.807) is 36.4 Å². The van der Waals surface area contributed by atoms with Crippen LogP contribution in [0.2, 0.25) is 0 Å². The van der Waals surface area contributed by atoms with Crippen LogP contribution in [0.3, 0.4) is 0 Å². The first-order chi connectivity index (χ1) is 10.1. The van der Waals surface area contributed by atoms with E-state index in [-0.39, 0.29) is 10.6 Å². The molecule has 0 N–H and O–H groups in total. The maximum absolute atomic E-state index is 14.5. The molecule has 1 aromatic heterocycles. The van der Waals surface area contributed by atoms with Gasteiger partial charge in [-0.1, -0.05) is 42.5 Å². The molecule has 0 radical (unpaired) electrons.